The number of pyridine rings is 1. The van der Waals surface area contributed by atoms with Crippen molar-refractivity contribution in [3.05, 3.63) is 64.9 Å². The van der Waals surface area contributed by atoms with Crippen LogP contribution in [0.25, 0.3) is 5.69 Å². The van der Waals surface area contributed by atoms with Crippen LogP contribution in [-0.2, 0) is 17.6 Å². The van der Waals surface area contributed by atoms with Crippen LogP contribution in [0.3, 0.4) is 0 Å². The van der Waals surface area contributed by atoms with Crippen LogP contribution in [0.1, 0.15) is 60.1 Å². The van der Waals surface area contributed by atoms with Gasteiger partial charge in [-0.1, -0.05) is 18.2 Å². The van der Waals surface area contributed by atoms with Gasteiger partial charge in [0.15, 0.2) is 0 Å². The standard InChI is InChI=1S/C28H36N6O2/c1-19-30-20(2)34(32-19)26-7-3-5-23(15-26)24(16-27(35)36)18-33-14-12-21(17-33)8-10-25-11-9-22-6-4-13-29-28(22)31-25/h3,5,7,9,11,15,21,24H,4,6,8,10,12-14,16-18H2,1-2H3,(H,29,31)(H,35,36)/t21-,24-/m1/s1. The first-order valence-electron chi connectivity index (χ1n) is 13.1. The average Bonchev–Trinajstić information content (AvgIpc) is 3.47. The first-order valence-corrected chi connectivity index (χ1v) is 13.1. The second-order valence-electron chi connectivity index (χ2n) is 10.3. The maximum atomic E-state index is 11.7. The number of nitrogens with one attached hydrogen (secondary N) is 1. The van der Waals surface area contributed by atoms with E-state index in [-0.39, 0.29) is 12.3 Å². The summed E-state index contributed by atoms with van der Waals surface area (Å²) in [5.41, 5.74) is 4.46. The molecule has 4 heterocycles. The highest BCUT2D eigenvalue weighted by atomic mass is 16.4. The van der Waals surface area contributed by atoms with Crippen LogP contribution in [0.15, 0.2) is 36.4 Å². The Morgan fingerprint density at radius 1 is 1.22 bits per heavy atom. The van der Waals surface area contributed by atoms with Crippen LogP contribution in [0.2, 0.25) is 0 Å². The highest BCUT2D eigenvalue weighted by molar-refractivity contribution is 5.68. The molecule has 0 unspecified atom stereocenters. The first-order chi connectivity index (χ1) is 17.4. The molecule has 1 fully saturated rings. The van der Waals surface area contributed by atoms with Crippen molar-refractivity contribution in [1.29, 1.82) is 0 Å². The molecule has 2 N–H and O–H groups in total. The number of carboxylic acid groups (broad SMARTS) is 1. The van der Waals surface area contributed by atoms with Crippen molar-refractivity contribution in [2.24, 2.45) is 5.92 Å². The monoisotopic (exact) mass is 488 g/mol. The van der Waals surface area contributed by atoms with E-state index in [1.54, 1.807) is 0 Å². The molecule has 2 aromatic heterocycles. The topological polar surface area (TPSA) is 96.2 Å². The Hall–Kier alpha value is -3.26. The summed E-state index contributed by atoms with van der Waals surface area (Å²) < 4.78 is 1.83. The van der Waals surface area contributed by atoms with Crippen molar-refractivity contribution in [3.8, 4) is 5.69 Å². The number of carbonyl (C=O) groups is 1. The van der Waals surface area contributed by atoms with Gasteiger partial charge in [-0.15, -0.1) is 0 Å². The predicted molar refractivity (Wildman–Crippen MR) is 140 cm³/mol. The Bertz CT molecular complexity index is 1220. The molecule has 1 aromatic carbocycles. The van der Waals surface area contributed by atoms with E-state index in [9.17, 15) is 9.90 Å². The van der Waals surface area contributed by atoms with Crippen molar-refractivity contribution < 1.29 is 9.90 Å². The molecule has 0 spiro atoms. The molecule has 0 saturated carbocycles. The molecular formula is C28H36N6O2. The number of fused-ring (bicyclic) bond motifs is 1. The molecule has 2 aliphatic rings. The Morgan fingerprint density at radius 3 is 2.92 bits per heavy atom. The Balaban J connectivity index is 1.21. The van der Waals surface area contributed by atoms with E-state index >= 15 is 0 Å². The molecule has 0 radical (unpaired) electrons. The van der Waals surface area contributed by atoms with Crippen LogP contribution in [0.5, 0.6) is 0 Å². The van der Waals surface area contributed by atoms with Crippen molar-refractivity contribution >= 4 is 11.8 Å². The van der Waals surface area contributed by atoms with Gasteiger partial charge in [0.2, 0.25) is 0 Å². The zero-order chi connectivity index (χ0) is 25.1. The number of hydrogen-bond acceptors (Lipinski definition) is 6. The molecule has 3 aromatic rings. The van der Waals surface area contributed by atoms with Gasteiger partial charge in [0.25, 0.3) is 0 Å². The lowest BCUT2D eigenvalue weighted by Gasteiger charge is -2.24. The largest absolute Gasteiger partial charge is 0.481 e. The van der Waals surface area contributed by atoms with Crippen molar-refractivity contribution in [2.45, 2.75) is 58.3 Å². The summed E-state index contributed by atoms with van der Waals surface area (Å²) in [5, 5.41) is 17.6. The molecule has 0 bridgehead atoms. The number of hydrogen-bond donors (Lipinski definition) is 2. The van der Waals surface area contributed by atoms with E-state index < -0.39 is 5.97 Å². The van der Waals surface area contributed by atoms with Crippen LogP contribution in [0, 0.1) is 19.8 Å². The van der Waals surface area contributed by atoms with Gasteiger partial charge in [-0.25, -0.2) is 14.6 Å². The van der Waals surface area contributed by atoms with Gasteiger partial charge in [0.05, 0.1) is 12.1 Å². The lowest BCUT2D eigenvalue weighted by atomic mass is 9.94. The molecule has 2 aliphatic heterocycles. The number of anilines is 1. The van der Waals surface area contributed by atoms with Crippen molar-refractivity contribution in [3.63, 3.8) is 0 Å². The third kappa shape index (κ3) is 5.75. The highest BCUT2D eigenvalue weighted by Gasteiger charge is 2.27. The van der Waals surface area contributed by atoms with Gasteiger partial charge < -0.3 is 15.3 Å². The number of carboxylic acids is 1. The molecule has 2 atom stereocenters. The van der Waals surface area contributed by atoms with Crippen LogP contribution in [0.4, 0.5) is 5.82 Å². The lowest BCUT2D eigenvalue weighted by molar-refractivity contribution is -0.137. The van der Waals surface area contributed by atoms with E-state index in [0.29, 0.717) is 5.92 Å². The minimum atomic E-state index is -0.763. The molecule has 8 nitrogen and oxygen atoms in total. The molecule has 190 valence electrons. The lowest BCUT2D eigenvalue weighted by Crippen LogP contribution is -2.28. The molecule has 0 amide bonds. The second-order valence-corrected chi connectivity index (χ2v) is 10.3. The van der Waals surface area contributed by atoms with Gasteiger partial charge in [-0.3, -0.25) is 4.79 Å². The zero-order valence-electron chi connectivity index (χ0n) is 21.3. The summed E-state index contributed by atoms with van der Waals surface area (Å²) in [6, 6.07) is 12.5. The first kappa shape index (κ1) is 24.4. The SMILES string of the molecule is Cc1nc(C)n(-c2cccc([C@H](CC(=O)O)CN3CC[C@@H](CCc4ccc5c(n4)NCCC5)C3)c2)n1. The minimum absolute atomic E-state index is 0.0699. The molecule has 0 aliphatic carbocycles. The third-order valence-corrected chi connectivity index (χ3v) is 7.49. The highest BCUT2D eigenvalue weighted by Crippen LogP contribution is 2.29. The van der Waals surface area contributed by atoms with Gasteiger partial charge in [0.1, 0.15) is 17.5 Å². The van der Waals surface area contributed by atoms with E-state index in [1.807, 2.05) is 36.7 Å². The number of aromatic nitrogens is 4. The Labute approximate surface area is 212 Å². The van der Waals surface area contributed by atoms with E-state index in [2.05, 4.69) is 38.5 Å². The molecular weight excluding hydrogens is 452 g/mol. The maximum absolute atomic E-state index is 11.7. The van der Waals surface area contributed by atoms with Crippen molar-refractivity contribution in [2.75, 3.05) is 31.5 Å². The summed E-state index contributed by atoms with van der Waals surface area (Å²) in [6.07, 6.45) is 5.67. The summed E-state index contributed by atoms with van der Waals surface area (Å²) in [5.74, 6) is 2.41. The molecule has 5 rings (SSSR count). The van der Waals surface area contributed by atoms with Crippen LogP contribution < -0.4 is 5.32 Å². The average molecular weight is 489 g/mol. The molecule has 1 saturated heterocycles. The number of rotatable bonds is 9. The smallest absolute Gasteiger partial charge is 0.304 e. The summed E-state index contributed by atoms with van der Waals surface area (Å²) >= 11 is 0. The molecule has 8 heteroatoms. The fourth-order valence-corrected chi connectivity index (χ4v) is 5.66. The second kappa shape index (κ2) is 10.8. The minimum Gasteiger partial charge on any atom is -0.481 e. The van der Waals surface area contributed by atoms with Crippen LogP contribution in [-0.4, -0.2) is 61.9 Å². The normalized spacial score (nSPS) is 18.6. The predicted octanol–water partition coefficient (Wildman–Crippen LogP) is 4.15. The van der Waals surface area contributed by atoms with E-state index in [4.69, 9.17) is 4.98 Å². The summed E-state index contributed by atoms with van der Waals surface area (Å²) in [4.78, 5) is 23.4. The van der Waals surface area contributed by atoms with Crippen molar-refractivity contribution in [1.82, 2.24) is 24.6 Å². The van der Waals surface area contributed by atoms with Crippen LogP contribution >= 0.6 is 0 Å². The number of likely N-dealkylation sites (tertiary alicyclic amines) is 1. The summed E-state index contributed by atoms with van der Waals surface area (Å²) in [7, 11) is 0. The molecule has 36 heavy (non-hydrogen) atoms. The number of nitrogens with zero attached hydrogens (tertiary/aromatic N) is 5. The maximum Gasteiger partial charge on any atom is 0.304 e. The van der Waals surface area contributed by atoms with E-state index in [0.717, 1.165) is 80.6 Å². The van der Waals surface area contributed by atoms with Gasteiger partial charge in [-0.2, -0.15) is 5.10 Å². The zero-order valence-corrected chi connectivity index (χ0v) is 21.3. The fraction of sp³-hybridized carbons (Fsp3) is 0.500. The summed E-state index contributed by atoms with van der Waals surface area (Å²) in [6.45, 7) is 7.61. The number of aryl methyl sites for hydroxylation is 4. The third-order valence-electron chi connectivity index (χ3n) is 7.49. The fourth-order valence-electron chi connectivity index (χ4n) is 5.66. The number of aliphatic carboxylic acids is 1. The Kier molecular flexibility index (Phi) is 7.32. The number of benzene rings is 1. The van der Waals surface area contributed by atoms with Gasteiger partial charge in [-0.05, 0) is 87.7 Å². The van der Waals surface area contributed by atoms with E-state index in [1.165, 1.54) is 17.7 Å². The van der Waals surface area contributed by atoms with Gasteiger partial charge in [0, 0.05) is 31.2 Å². The quantitative estimate of drug-likeness (QED) is 0.467. The Morgan fingerprint density at radius 2 is 2.11 bits per heavy atom. The van der Waals surface area contributed by atoms with Gasteiger partial charge >= 0.3 is 5.97 Å².